The van der Waals surface area contributed by atoms with Gasteiger partial charge in [0.05, 0.1) is 13.2 Å². The molecule has 1 fully saturated rings. The molecule has 6 heteroatoms. The summed E-state index contributed by atoms with van der Waals surface area (Å²) in [6.45, 7) is 3.19. The van der Waals surface area contributed by atoms with Crippen molar-refractivity contribution in [2.45, 2.75) is 25.3 Å². The fourth-order valence-electron chi connectivity index (χ4n) is 2.17. The van der Waals surface area contributed by atoms with E-state index in [0.29, 0.717) is 6.61 Å². The molecule has 1 aromatic carbocycles. The second kappa shape index (κ2) is 6.28. The number of hydrogen-bond acceptors (Lipinski definition) is 3. The van der Waals surface area contributed by atoms with E-state index in [-0.39, 0.29) is 12.1 Å². The van der Waals surface area contributed by atoms with Crippen molar-refractivity contribution in [2.24, 2.45) is 0 Å². The van der Waals surface area contributed by atoms with Crippen molar-refractivity contribution in [3.63, 3.8) is 0 Å². The standard InChI is InChI=1S/C14H18F2N2O2/c1-14(6-3-7-20-9-14)17-8-12(19)18-13-10(15)4-2-5-11(13)16/h2,4-5,17H,3,6-9H2,1H3,(H,18,19). The summed E-state index contributed by atoms with van der Waals surface area (Å²) in [6, 6.07) is 3.45. The van der Waals surface area contributed by atoms with Gasteiger partial charge in [0.15, 0.2) is 0 Å². The van der Waals surface area contributed by atoms with E-state index in [1.807, 2.05) is 6.92 Å². The summed E-state index contributed by atoms with van der Waals surface area (Å²) in [5.41, 5.74) is -0.687. The van der Waals surface area contributed by atoms with Gasteiger partial charge in [0.2, 0.25) is 5.91 Å². The number of rotatable bonds is 4. The van der Waals surface area contributed by atoms with Crippen LogP contribution in [0.1, 0.15) is 19.8 Å². The molecule has 1 heterocycles. The third-order valence-electron chi connectivity index (χ3n) is 3.34. The van der Waals surface area contributed by atoms with Gasteiger partial charge < -0.3 is 15.4 Å². The Hall–Kier alpha value is -1.53. The molecule has 2 rings (SSSR count). The Balaban J connectivity index is 1.89. The van der Waals surface area contributed by atoms with Crippen molar-refractivity contribution in [1.29, 1.82) is 0 Å². The molecule has 0 radical (unpaired) electrons. The monoisotopic (exact) mass is 284 g/mol. The predicted octanol–water partition coefficient (Wildman–Crippen LogP) is 2.06. The van der Waals surface area contributed by atoms with E-state index in [2.05, 4.69) is 10.6 Å². The van der Waals surface area contributed by atoms with Crippen LogP contribution < -0.4 is 10.6 Å². The zero-order valence-electron chi connectivity index (χ0n) is 11.3. The average molecular weight is 284 g/mol. The molecule has 1 aliphatic rings. The quantitative estimate of drug-likeness (QED) is 0.890. The van der Waals surface area contributed by atoms with Crippen molar-refractivity contribution in [3.05, 3.63) is 29.8 Å². The van der Waals surface area contributed by atoms with Gasteiger partial charge >= 0.3 is 0 Å². The van der Waals surface area contributed by atoms with E-state index < -0.39 is 23.2 Å². The van der Waals surface area contributed by atoms with Crippen LogP contribution in [-0.4, -0.2) is 31.2 Å². The molecule has 20 heavy (non-hydrogen) atoms. The smallest absolute Gasteiger partial charge is 0.238 e. The van der Waals surface area contributed by atoms with E-state index >= 15 is 0 Å². The summed E-state index contributed by atoms with van der Waals surface area (Å²) in [5.74, 6) is -2.06. The first kappa shape index (κ1) is 14.9. The van der Waals surface area contributed by atoms with Crippen LogP contribution in [0.5, 0.6) is 0 Å². The maximum absolute atomic E-state index is 13.4. The second-order valence-corrected chi connectivity index (χ2v) is 5.22. The first-order chi connectivity index (χ1) is 9.50. The van der Waals surface area contributed by atoms with Crippen LogP contribution in [0.3, 0.4) is 0 Å². The summed E-state index contributed by atoms with van der Waals surface area (Å²) in [6.07, 6.45) is 1.82. The molecule has 1 unspecified atom stereocenters. The Morgan fingerprint density at radius 1 is 1.40 bits per heavy atom. The molecule has 1 saturated heterocycles. The van der Waals surface area contributed by atoms with E-state index in [0.717, 1.165) is 31.6 Å². The fraction of sp³-hybridized carbons (Fsp3) is 0.500. The lowest BCUT2D eigenvalue weighted by Crippen LogP contribution is -2.51. The molecule has 1 amide bonds. The van der Waals surface area contributed by atoms with Crippen LogP contribution in [0.15, 0.2) is 18.2 Å². The number of para-hydroxylation sites is 1. The van der Waals surface area contributed by atoms with Gasteiger partial charge in [-0.3, -0.25) is 4.79 Å². The average Bonchev–Trinajstić information content (AvgIpc) is 2.42. The lowest BCUT2D eigenvalue weighted by atomic mass is 9.95. The minimum Gasteiger partial charge on any atom is -0.380 e. The van der Waals surface area contributed by atoms with Crippen LogP contribution in [-0.2, 0) is 9.53 Å². The third-order valence-corrected chi connectivity index (χ3v) is 3.34. The number of hydrogen-bond donors (Lipinski definition) is 2. The lowest BCUT2D eigenvalue weighted by Gasteiger charge is -2.34. The Bertz CT molecular complexity index is 468. The Morgan fingerprint density at radius 3 is 2.70 bits per heavy atom. The van der Waals surface area contributed by atoms with Gasteiger partial charge in [-0.15, -0.1) is 0 Å². The highest BCUT2D eigenvalue weighted by molar-refractivity contribution is 5.92. The molecule has 110 valence electrons. The molecule has 2 N–H and O–H groups in total. The largest absolute Gasteiger partial charge is 0.380 e. The molecule has 0 aliphatic carbocycles. The number of halogens is 2. The van der Waals surface area contributed by atoms with Crippen LogP contribution in [0.2, 0.25) is 0 Å². The topological polar surface area (TPSA) is 50.4 Å². The molecule has 0 bridgehead atoms. The van der Waals surface area contributed by atoms with Crippen molar-refractivity contribution >= 4 is 11.6 Å². The summed E-state index contributed by atoms with van der Waals surface area (Å²) in [4.78, 5) is 11.8. The van der Waals surface area contributed by atoms with Gasteiger partial charge in [0.1, 0.15) is 17.3 Å². The molecule has 0 aromatic heterocycles. The van der Waals surface area contributed by atoms with E-state index in [9.17, 15) is 13.6 Å². The minimum absolute atomic E-state index is 0.0202. The highest BCUT2D eigenvalue weighted by Crippen LogP contribution is 2.19. The number of benzene rings is 1. The molecule has 1 aliphatic heterocycles. The number of carbonyl (C=O) groups is 1. The maximum atomic E-state index is 13.4. The van der Waals surface area contributed by atoms with Gasteiger partial charge in [-0.1, -0.05) is 6.07 Å². The van der Waals surface area contributed by atoms with Crippen molar-refractivity contribution < 1.29 is 18.3 Å². The molecule has 1 aromatic rings. The molecule has 1 atom stereocenters. The highest BCUT2D eigenvalue weighted by Gasteiger charge is 2.27. The summed E-state index contributed by atoms with van der Waals surface area (Å²) in [7, 11) is 0. The van der Waals surface area contributed by atoms with E-state index in [1.54, 1.807) is 0 Å². The van der Waals surface area contributed by atoms with Crippen LogP contribution >= 0.6 is 0 Å². The van der Waals surface area contributed by atoms with Crippen LogP contribution in [0.25, 0.3) is 0 Å². The first-order valence-electron chi connectivity index (χ1n) is 6.57. The van der Waals surface area contributed by atoms with Gasteiger partial charge in [-0.2, -0.15) is 0 Å². The van der Waals surface area contributed by atoms with Crippen LogP contribution in [0.4, 0.5) is 14.5 Å². The molecule has 0 saturated carbocycles. The third kappa shape index (κ3) is 3.74. The van der Waals surface area contributed by atoms with Crippen molar-refractivity contribution in [2.75, 3.05) is 25.1 Å². The van der Waals surface area contributed by atoms with E-state index in [1.165, 1.54) is 6.07 Å². The minimum atomic E-state index is -0.787. The Morgan fingerprint density at radius 2 is 2.10 bits per heavy atom. The number of amides is 1. The zero-order valence-corrected chi connectivity index (χ0v) is 11.3. The molecule has 4 nitrogen and oxygen atoms in total. The SMILES string of the molecule is CC1(NCC(=O)Nc2c(F)cccc2F)CCCOC1. The Kier molecular flexibility index (Phi) is 4.67. The lowest BCUT2D eigenvalue weighted by molar-refractivity contribution is -0.116. The van der Waals surface area contributed by atoms with Crippen LogP contribution in [0, 0.1) is 11.6 Å². The summed E-state index contributed by atoms with van der Waals surface area (Å²) >= 11 is 0. The second-order valence-electron chi connectivity index (χ2n) is 5.22. The van der Waals surface area contributed by atoms with Gasteiger partial charge in [-0.05, 0) is 31.9 Å². The van der Waals surface area contributed by atoms with Gasteiger partial charge in [-0.25, -0.2) is 8.78 Å². The predicted molar refractivity (Wildman–Crippen MR) is 71.4 cm³/mol. The van der Waals surface area contributed by atoms with E-state index in [4.69, 9.17) is 4.74 Å². The molecular formula is C14H18F2N2O2. The number of nitrogens with one attached hydrogen (secondary N) is 2. The normalized spacial score (nSPS) is 22.6. The summed E-state index contributed by atoms with van der Waals surface area (Å²) < 4.78 is 32.1. The highest BCUT2D eigenvalue weighted by atomic mass is 19.1. The van der Waals surface area contributed by atoms with Gasteiger partial charge in [0, 0.05) is 12.1 Å². The number of anilines is 1. The van der Waals surface area contributed by atoms with Crippen molar-refractivity contribution in [3.8, 4) is 0 Å². The van der Waals surface area contributed by atoms with Gasteiger partial charge in [0.25, 0.3) is 0 Å². The fourth-order valence-corrected chi connectivity index (χ4v) is 2.17. The molecular weight excluding hydrogens is 266 g/mol. The molecule has 0 spiro atoms. The summed E-state index contributed by atoms with van der Waals surface area (Å²) in [5, 5.41) is 5.32. The zero-order chi connectivity index (χ0) is 14.6. The first-order valence-corrected chi connectivity index (χ1v) is 6.57. The number of carbonyl (C=O) groups excluding carboxylic acids is 1. The number of ether oxygens (including phenoxy) is 1. The maximum Gasteiger partial charge on any atom is 0.238 e. The Labute approximate surface area is 116 Å². The van der Waals surface area contributed by atoms with Crippen molar-refractivity contribution in [1.82, 2.24) is 5.32 Å².